The smallest absolute Gasteiger partial charge is 0.228 e. The number of carbonyl (C=O) groups is 2. The molecule has 3 rings (SSSR count). The van der Waals surface area contributed by atoms with Crippen molar-refractivity contribution in [3.8, 4) is 11.1 Å². The topological polar surface area (TPSA) is 62.3 Å². The van der Waals surface area contributed by atoms with Crippen LogP contribution in [0.15, 0.2) is 48.8 Å². The maximum absolute atomic E-state index is 13.2. The second-order valence-corrected chi connectivity index (χ2v) is 9.19. The number of amides is 2. The Bertz CT molecular complexity index is 862. The van der Waals surface area contributed by atoms with E-state index in [1.54, 1.807) is 6.20 Å². The van der Waals surface area contributed by atoms with Crippen molar-refractivity contribution in [3.05, 3.63) is 54.4 Å². The fourth-order valence-corrected chi connectivity index (χ4v) is 4.13. The van der Waals surface area contributed by atoms with E-state index in [1.807, 2.05) is 37.1 Å². The lowest BCUT2D eigenvalue weighted by molar-refractivity contribution is -0.134. The molecule has 0 aliphatic carbocycles. The summed E-state index contributed by atoms with van der Waals surface area (Å²) in [6.45, 7) is 9.19. The molecule has 1 aliphatic heterocycles. The highest BCUT2D eigenvalue weighted by Crippen LogP contribution is 2.36. The summed E-state index contributed by atoms with van der Waals surface area (Å²) in [6, 6.07) is 12.4. The van der Waals surface area contributed by atoms with E-state index in [-0.39, 0.29) is 17.9 Å². The van der Waals surface area contributed by atoms with Crippen LogP contribution in [-0.4, -0.2) is 40.8 Å². The van der Waals surface area contributed by atoms with E-state index in [0.717, 1.165) is 16.7 Å². The predicted octanol–water partition coefficient (Wildman–Crippen LogP) is 4.08. The molecule has 1 unspecified atom stereocenters. The molecular formula is C25H33N3O2. The highest BCUT2D eigenvalue weighted by molar-refractivity contribution is 5.86. The number of nitrogens with zero attached hydrogens (tertiary/aromatic N) is 2. The minimum atomic E-state index is -0.577. The van der Waals surface area contributed by atoms with Crippen LogP contribution in [0.25, 0.3) is 11.1 Å². The zero-order valence-corrected chi connectivity index (χ0v) is 18.5. The average molecular weight is 408 g/mol. The first-order valence-electron chi connectivity index (χ1n) is 10.9. The molecule has 1 fully saturated rings. The third-order valence-corrected chi connectivity index (χ3v) is 5.68. The van der Waals surface area contributed by atoms with Gasteiger partial charge in [0.25, 0.3) is 0 Å². The van der Waals surface area contributed by atoms with Crippen LogP contribution in [0.3, 0.4) is 0 Å². The summed E-state index contributed by atoms with van der Waals surface area (Å²) in [4.78, 5) is 31.9. The molecule has 0 spiro atoms. The molecule has 0 saturated carbocycles. The third kappa shape index (κ3) is 5.26. The van der Waals surface area contributed by atoms with Gasteiger partial charge in [0.1, 0.15) is 0 Å². The monoisotopic (exact) mass is 407 g/mol. The Balaban J connectivity index is 1.80. The van der Waals surface area contributed by atoms with Crippen LogP contribution in [0, 0.1) is 11.3 Å². The number of likely N-dealkylation sites (tertiary alicyclic amines) is 1. The number of pyridine rings is 1. The summed E-state index contributed by atoms with van der Waals surface area (Å²) in [5.74, 6) is 0.516. The van der Waals surface area contributed by atoms with Crippen molar-refractivity contribution in [3.63, 3.8) is 0 Å². The van der Waals surface area contributed by atoms with Gasteiger partial charge in [-0.3, -0.25) is 14.6 Å². The summed E-state index contributed by atoms with van der Waals surface area (Å²) < 4.78 is 0. The van der Waals surface area contributed by atoms with Gasteiger partial charge >= 0.3 is 0 Å². The lowest BCUT2D eigenvalue weighted by atomic mass is 9.79. The molecule has 2 heterocycles. The van der Waals surface area contributed by atoms with Crippen molar-refractivity contribution in [1.82, 2.24) is 15.2 Å². The Labute approximate surface area is 179 Å². The van der Waals surface area contributed by atoms with Crippen LogP contribution >= 0.6 is 0 Å². The highest BCUT2D eigenvalue weighted by atomic mass is 16.2. The minimum Gasteiger partial charge on any atom is -0.353 e. The maximum atomic E-state index is 13.2. The van der Waals surface area contributed by atoms with Gasteiger partial charge in [0, 0.05) is 37.9 Å². The van der Waals surface area contributed by atoms with E-state index in [9.17, 15) is 9.59 Å². The Morgan fingerprint density at radius 3 is 2.43 bits per heavy atom. The van der Waals surface area contributed by atoms with Crippen LogP contribution in [-0.2, 0) is 16.0 Å². The molecule has 5 nitrogen and oxygen atoms in total. The third-order valence-electron chi connectivity index (χ3n) is 5.68. The van der Waals surface area contributed by atoms with Gasteiger partial charge in [-0.1, -0.05) is 44.2 Å². The average Bonchev–Trinajstić information content (AvgIpc) is 3.14. The van der Waals surface area contributed by atoms with Crippen molar-refractivity contribution in [1.29, 1.82) is 0 Å². The molecule has 2 amide bonds. The quantitative estimate of drug-likeness (QED) is 0.752. The molecule has 1 atom stereocenters. The SMILES string of the molecule is CC(C)CC(=O)N1CCC(Cc2ccc(-c3cccnc3)cc2)(C(=O)NC(C)C)C1. The fourth-order valence-electron chi connectivity index (χ4n) is 4.13. The molecule has 1 aliphatic rings. The molecule has 1 N–H and O–H groups in total. The first-order chi connectivity index (χ1) is 14.3. The van der Waals surface area contributed by atoms with Gasteiger partial charge in [-0.25, -0.2) is 0 Å². The first-order valence-corrected chi connectivity index (χ1v) is 10.9. The van der Waals surface area contributed by atoms with Gasteiger partial charge in [-0.05, 0) is 55.4 Å². The standard InChI is InChI=1S/C25H33N3O2/c1-18(2)14-23(29)28-13-11-25(17-28,24(30)27-19(3)4)15-20-7-9-21(10-8-20)22-6-5-12-26-16-22/h5-10,12,16,18-19H,11,13-15,17H2,1-4H3,(H,27,30). The molecule has 160 valence electrons. The van der Waals surface area contributed by atoms with Crippen LogP contribution in [0.5, 0.6) is 0 Å². The minimum absolute atomic E-state index is 0.0497. The van der Waals surface area contributed by atoms with Crippen molar-refractivity contribution >= 4 is 11.8 Å². The Kier molecular flexibility index (Phi) is 6.91. The van der Waals surface area contributed by atoms with Crippen molar-refractivity contribution in [2.45, 2.75) is 53.0 Å². The number of aromatic nitrogens is 1. The second-order valence-electron chi connectivity index (χ2n) is 9.19. The van der Waals surface area contributed by atoms with Gasteiger partial charge in [-0.15, -0.1) is 0 Å². The fraction of sp³-hybridized carbons (Fsp3) is 0.480. The zero-order chi connectivity index (χ0) is 21.7. The molecule has 2 aromatic rings. The van der Waals surface area contributed by atoms with E-state index in [4.69, 9.17) is 0 Å². The Morgan fingerprint density at radius 2 is 1.83 bits per heavy atom. The Hall–Kier alpha value is -2.69. The van der Waals surface area contributed by atoms with E-state index >= 15 is 0 Å². The maximum Gasteiger partial charge on any atom is 0.228 e. The van der Waals surface area contributed by atoms with Gasteiger partial charge in [0.15, 0.2) is 0 Å². The molecule has 1 saturated heterocycles. The molecule has 30 heavy (non-hydrogen) atoms. The van der Waals surface area contributed by atoms with Crippen molar-refractivity contribution < 1.29 is 9.59 Å². The van der Waals surface area contributed by atoms with Gasteiger partial charge in [0.05, 0.1) is 5.41 Å². The van der Waals surface area contributed by atoms with E-state index in [2.05, 4.69) is 48.4 Å². The molecule has 1 aromatic carbocycles. The molecule has 1 aromatic heterocycles. The van der Waals surface area contributed by atoms with Gasteiger partial charge in [0.2, 0.25) is 11.8 Å². The summed E-state index contributed by atoms with van der Waals surface area (Å²) in [6.07, 6.45) is 5.47. The zero-order valence-electron chi connectivity index (χ0n) is 18.5. The van der Waals surface area contributed by atoms with E-state index in [1.165, 1.54) is 0 Å². The number of hydrogen-bond acceptors (Lipinski definition) is 3. The molecule has 0 bridgehead atoms. The van der Waals surface area contributed by atoms with E-state index in [0.29, 0.717) is 38.3 Å². The summed E-state index contributed by atoms with van der Waals surface area (Å²) in [7, 11) is 0. The van der Waals surface area contributed by atoms with Gasteiger partial charge < -0.3 is 10.2 Å². The summed E-state index contributed by atoms with van der Waals surface area (Å²) in [5.41, 5.74) is 2.71. The van der Waals surface area contributed by atoms with Crippen LogP contribution in [0.1, 0.15) is 46.1 Å². The normalized spacial score (nSPS) is 18.8. The van der Waals surface area contributed by atoms with Crippen LogP contribution in [0.4, 0.5) is 0 Å². The number of rotatable bonds is 7. The lowest BCUT2D eigenvalue weighted by Gasteiger charge is -2.29. The highest BCUT2D eigenvalue weighted by Gasteiger charge is 2.46. The van der Waals surface area contributed by atoms with Crippen molar-refractivity contribution in [2.24, 2.45) is 11.3 Å². The summed E-state index contributed by atoms with van der Waals surface area (Å²) in [5, 5.41) is 3.10. The first kappa shape index (κ1) is 22.0. The molecule has 0 radical (unpaired) electrons. The second kappa shape index (κ2) is 9.41. The summed E-state index contributed by atoms with van der Waals surface area (Å²) >= 11 is 0. The number of nitrogens with one attached hydrogen (secondary N) is 1. The Morgan fingerprint density at radius 1 is 1.10 bits per heavy atom. The largest absolute Gasteiger partial charge is 0.353 e. The predicted molar refractivity (Wildman–Crippen MR) is 120 cm³/mol. The van der Waals surface area contributed by atoms with E-state index < -0.39 is 5.41 Å². The van der Waals surface area contributed by atoms with Crippen molar-refractivity contribution in [2.75, 3.05) is 13.1 Å². The number of carbonyl (C=O) groups excluding carboxylic acids is 2. The number of benzene rings is 1. The van der Waals surface area contributed by atoms with Crippen LogP contribution in [0.2, 0.25) is 0 Å². The molecule has 5 heteroatoms. The van der Waals surface area contributed by atoms with Gasteiger partial charge in [-0.2, -0.15) is 0 Å². The lowest BCUT2D eigenvalue weighted by Crippen LogP contribution is -2.47. The molecular weight excluding hydrogens is 374 g/mol. The number of hydrogen-bond donors (Lipinski definition) is 1. The van der Waals surface area contributed by atoms with Crippen LogP contribution < -0.4 is 5.32 Å².